The molecule has 1 aliphatic rings. The van der Waals surface area contributed by atoms with Crippen LogP contribution in [0.3, 0.4) is 0 Å². The largest absolute Gasteiger partial charge is 0.507 e. The fraction of sp³-hybridized carbons (Fsp3) is 0.192. The predicted octanol–water partition coefficient (Wildman–Crippen LogP) is 4.55. The summed E-state index contributed by atoms with van der Waals surface area (Å²) in [6.07, 6.45) is 3.21. The minimum Gasteiger partial charge on any atom is -0.507 e. The van der Waals surface area contributed by atoms with E-state index < -0.39 is 29.3 Å². The number of ketones is 1. The number of benzene rings is 2. The van der Waals surface area contributed by atoms with E-state index in [4.69, 9.17) is 4.74 Å². The Hall–Kier alpha value is -4.00. The van der Waals surface area contributed by atoms with Crippen LogP contribution in [0.25, 0.3) is 5.76 Å². The highest BCUT2D eigenvalue weighted by Gasteiger charge is 2.46. The third kappa shape index (κ3) is 4.35. The number of nitrogens with zero attached hydrogens (tertiary/aromatic N) is 2. The minimum atomic E-state index is -0.849. The molecule has 0 bridgehead atoms. The van der Waals surface area contributed by atoms with Crippen molar-refractivity contribution in [3.63, 3.8) is 0 Å². The predicted molar refractivity (Wildman–Crippen MR) is 121 cm³/mol. The number of carbonyl (C=O) groups is 2. The molecule has 6 nitrogen and oxygen atoms in total. The van der Waals surface area contributed by atoms with E-state index in [1.54, 1.807) is 55.7 Å². The van der Waals surface area contributed by atoms with E-state index in [0.29, 0.717) is 23.5 Å². The molecule has 168 valence electrons. The van der Waals surface area contributed by atoms with Gasteiger partial charge in [-0.2, -0.15) is 0 Å². The van der Waals surface area contributed by atoms with Crippen LogP contribution in [-0.4, -0.2) is 33.3 Å². The number of pyridine rings is 1. The number of carbonyl (C=O) groups excluding carboxylic acids is 2. The SMILES string of the molecule is CCOc1ccc(C2/C(=C(\O)c3ccc(C)c(F)c3)C(=O)C(=O)N2Cc2ccncc2)cc1. The first-order valence-electron chi connectivity index (χ1n) is 10.6. The van der Waals surface area contributed by atoms with Crippen molar-refractivity contribution in [2.24, 2.45) is 0 Å². The van der Waals surface area contributed by atoms with E-state index in [2.05, 4.69) is 4.98 Å². The highest BCUT2D eigenvalue weighted by molar-refractivity contribution is 6.46. The Labute approximate surface area is 191 Å². The molecular weight excluding hydrogens is 423 g/mol. The second-order valence-electron chi connectivity index (χ2n) is 7.75. The molecule has 0 saturated carbocycles. The molecule has 0 radical (unpaired) electrons. The maximum Gasteiger partial charge on any atom is 0.295 e. The first-order valence-corrected chi connectivity index (χ1v) is 10.6. The summed E-state index contributed by atoms with van der Waals surface area (Å²) < 4.78 is 19.7. The number of aliphatic hydroxyl groups is 1. The molecule has 33 heavy (non-hydrogen) atoms. The standard InChI is InChI=1S/C26H23FN2O4/c1-3-33-20-8-6-18(7-9-20)23-22(24(30)19-5-4-16(2)21(27)14-19)25(31)26(32)29(23)15-17-10-12-28-13-11-17/h4-14,23,30H,3,15H2,1-2H3/b24-22+. The van der Waals surface area contributed by atoms with Crippen molar-refractivity contribution < 1.29 is 23.8 Å². The molecule has 3 aromatic rings. The van der Waals surface area contributed by atoms with Crippen LogP contribution in [0.15, 0.2) is 72.6 Å². The highest BCUT2D eigenvalue weighted by Crippen LogP contribution is 2.40. The average Bonchev–Trinajstić information content (AvgIpc) is 3.07. The van der Waals surface area contributed by atoms with Crippen molar-refractivity contribution in [3.05, 3.63) is 101 Å². The summed E-state index contributed by atoms with van der Waals surface area (Å²) in [6.45, 7) is 4.12. The van der Waals surface area contributed by atoms with Crippen molar-refractivity contribution >= 4 is 17.4 Å². The molecule has 1 fully saturated rings. The van der Waals surface area contributed by atoms with Crippen molar-refractivity contribution in [1.29, 1.82) is 0 Å². The van der Waals surface area contributed by atoms with Crippen LogP contribution in [0.2, 0.25) is 0 Å². The lowest BCUT2D eigenvalue weighted by atomic mass is 9.94. The zero-order valence-corrected chi connectivity index (χ0v) is 18.3. The fourth-order valence-corrected chi connectivity index (χ4v) is 3.88. The van der Waals surface area contributed by atoms with Gasteiger partial charge in [-0.1, -0.05) is 24.3 Å². The number of halogens is 1. The number of likely N-dealkylation sites (tertiary alicyclic amines) is 1. The van der Waals surface area contributed by atoms with Gasteiger partial charge in [0.2, 0.25) is 0 Å². The summed E-state index contributed by atoms with van der Waals surface area (Å²) >= 11 is 0. The third-order valence-electron chi connectivity index (χ3n) is 5.59. The van der Waals surface area contributed by atoms with Crippen molar-refractivity contribution in [1.82, 2.24) is 9.88 Å². The van der Waals surface area contributed by atoms with E-state index in [1.807, 2.05) is 6.92 Å². The molecule has 1 unspecified atom stereocenters. The smallest absolute Gasteiger partial charge is 0.295 e. The van der Waals surface area contributed by atoms with Crippen molar-refractivity contribution in [2.45, 2.75) is 26.4 Å². The third-order valence-corrected chi connectivity index (χ3v) is 5.59. The summed E-state index contributed by atoms with van der Waals surface area (Å²) in [5.41, 5.74) is 1.87. The zero-order valence-electron chi connectivity index (χ0n) is 18.3. The zero-order chi connectivity index (χ0) is 23.5. The molecule has 1 amide bonds. The quantitative estimate of drug-likeness (QED) is 0.341. The van der Waals surface area contributed by atoms with Gasteiger partial charge in [-0.15, -0.1) is 0 Å². The highest BCUT2D eigenvalue weighted by atomic mass is 19.1. The minimum absolute atomic E-state index is 0.0820. The lowest BCUT2D eigenvalue weighted by molar-refractivity contribution is -0.140. The monoisotopic (exact) mass is 446 g/mol. The Kier molecular flexibility index (Phi) is 6.22. The molecule has 1 aliphatic heterocycles. The number of Topliss-reactive ketones (excluding diaryl/α,β-unsaturated/α-hetero) is 1. The number of ether oxygens (including phenoxy) is 1. The van der Waals surface area contributed by atoms with Gasteiger partial charge in [0.1, 0.15) is 17.3 Å². The van der Waals surface area contributed by atoms with Gasteiger partial charge in [0.25, 0.3) is 11.7 Å². The van der Waals surface area contributed by atoms with Crippen LogP contribution in [0.4, 0.5) is 4.39 Å². The van der Waals surface area contributed by atoms with Crippen LogP contribution in [-0.2, 0) is 16.1 Å². The van der Waals surface area contributed by atoms with E-state index >= 15 is 0 Å². The van der Waals surface area contributed by atoms with E-state index in [-0.39, 0.29) is 17.7 Å². The van der Waals surface area contributed by atoms with Gasteiger partial charge in [0, 0.05) is 24.5 Å². The molecule has 0 aliphatic carbocycles. The van der Waals surface area contributed by atoms with Crippen molar-refractivity contribution in [3.8, 4) is 5.75 Å². The average molecular weight is 446 g/mol. The summed E-state index contributed by atoms with van der Waals surface area (Å²) in [4.78, 5) is 31.5. The van der Waals surface area contributed by atoms with E-state index in [0.717, 1.165) is 11.6 Å². The normalized spacial score (nSPS) is 17.4. The number of hydrogen-bond acceptors (Lipinski definition) is 5. The maximum absolute atomic E-state index is 14.2. The number of amides is 1. The molecule has 1 atom stereocenters. The van der Waals surface area contributed by atoms with Crippen molar-refractivity contribution in [2.75, 3.05) is 6.61 Å². The summed E-state index contributed by atoms with van der Waals surface area (Å²) in [7, 11) is 0. The van der Waals surface area contributed by atoms with Crippen LogP contribution >= 0.6 is 0 Å². The lowest BCUT2D eigenvalue weighted by Gasteiger charge is -2.25. The van der Waals surface area contributed by atoms with E-state index in [1.165, 1.54) is 17.0 Å². The fourth-order valence-electron chi connectivity index (χ4n) is 3.88. The van der Waals surface area contributed by atoms with Crippen LogP contribution in [0.5, 0.6) is 5.75 Å². The van der Waals surface area contributed by atoms with Gasteiger partial charge in [-0.3, -0.25) is 14.6 Å². The topological polar surface area (TPSA) is 79.7 Å². The van der Waals surface area contributed by atoms with Gasteiger partial charge in [0.15, 0.2) is 0 Å². The Morgan fingerprint density at radius 3 is 2.42 bits per heavy atom. The summed E-state index contributed by atoms with van der Waals surface area (Å²) in [5.74, 6) is -1.83. The maximum atomic E-state index is 14.2. The number of rotatable bonds is 6. The number of aliphatic hydroxyl groups excluding tert-OH is 1. The second-order valence-corrected chi connectivity index (χ2v) is 7.75. The van der Waals surface area contributed by atoms with Crippen LogP contribution in [0, 0.1) is 12.7 Å². The molecule has 4 rings (SSSR count). The first kappa shape index (κ1) is 22.2. The van der Waals surface area contributed by atoms with Gasteiger partial charge in [0.05, 0.1) is 18.2 Å². The summed E-state index contributed by atoms with van der Waals surface area (Å²) in [6, 6.07) is 13.9. The number of aromatic nitrogens is 1. The molecule has 0 spiro atoms. The van der Waals surface area contributed by atoms with Gasteiger partial charge < -0.3 is 14.7 Å². The molecule has 1 saturated heterocycles. The molecule has 2 heterocycles. The Balaban J connectivity index is 1.84. The number of hydrogen-bond donors (Lipinski definition) is 1. The Bertz CT molecular complexity index is 1220. The molecule has 1 N–H and O–H groups in total. The second kappa shape index (κ2) is 9.24. The molecular formula is C26H23FN2O4. The Morgan fingerprint density at radius 2 is 1.79 bits per heavy atom. The molecule has 7 heteroatoms. The Morgan fingerprint density at radius 1 is 1.09 bits per heavy atom. The molecule has 2 aromatic carbocycles. The molecule has 1 aromatic heterocycles. The number of aryl methyl sites for hydroxylation is 1. The van der Waals surface area contributed by atoms with Gasteiger partial charge >= 0.3 is 0 Å². The van der Waals surface area contributed by atoms with E-state index in [9.17, 15) is 19.1 Å². The first-order chi connectivity index (χ1) is 15.9. The van der Waals surface area contributed by atoms with Gasteiger partial charge in [-0.05, 0) is 60.9 Å². The van der Waals surface area contributed by atoms with Crippen LogP contribution in [0.1, 0.15) is 35.2 Å². The van der Waals surface area contributed by atoms with Crippen LogP contribution < -0.4 is 4.74 Å². The lowest BCUT2D eigenvalue weighted by Crippen LogP contribution is -2.29. The summed E-state index contributed by atoms with van der Waals surface area (Å²) in [5, 5.41) is 11.1. The van der Waals surface area contributed by atoms with Gasteiger partial charge in [-0.25, -0.2) is 4.39 Å².